The molecule has 0 atom stereocenters. The maximum atomic E-state index is 13.2. The standard InChI is InChI=1S/C22H27ClN2O2/c1-25(2)15-16-27-18-11-9-17(10-12-18)24-21(26)22(13-5-6-14-22)19-7-3-4-8-20(19)23/h3-4,7-12H,5-6,13-16H2,1-2H3,(H,24,26). The molecule has 5 heteroatoms. The van der Waals surface area contributed by atoms with Crippen LogP contribution < -0.4 is 10.1 Å². The molecule has 2 aromatic carbocycles. The largest absolute Gasteiger partial charge is 0.492 e. The third-order valence-electron chi connectivity index (χ3n) is 5.20. The highest BCUT2D eigenvalue weighted by atomic mass is 35.5. The zero-order valence-corrected chi connectivity index (χ0v) is 16.8. The second-order valence-corrected chi connectivity index (χ2v) is 7.81. The predicted molar refractivity (Wildman–Crippen MR) is 111 cm³/mol. The molecule has 1 saturated carbocycles. The first kappa shape index (κ1) is 19.7. The van der Waals surface area contributed by atoms with E-state index in [1.807, 2.05) is 62.6 Å². The van der Waals surface area contributed by atoms with Gasteiger partial charge in [0.25, 0.3) is 0 Å². The van der Waals surface area contributed by atoms with E-state index in [1.54, 1.807) is 0 Å². The van der Waals surface area contributed by atoms with Gasteiger partial charge in [0.2, 0.25) is 5.91 Å². The number of rotatable bonds is 7. The fourth-order valence-electron chi connectivity index (χ4n) is 3.68. The maximum absolute atomic E-state index is 13.2. The van der Waals surface area contributed by atoms with E-state index in [9.17, 15) is 4.79 Å². The summed E-state index contributed by atoms with van der Waals surface area (Å²) in [6.07, 6.45) is 3.73. The van der Waals surface area contributed by atoms with Gasteiger partial charge in [-0.2, -0.15) is 0 Å². The molecule has 1 aliphatic carbocycles. The number of amides is 1. The molecule has 0 aliphatic heterocycles. The summed E-state index contributed by atoms with van der Waals surface area (Å²) in [5.41, 5.74) is 1.17. The predicted octanol–water partition coefficient (Wildman–Crippen LogP) is 4.73. The van der Waals surface area contributed by atoms with Gasteiger partial charge in [0.1, 0.15) is 12.4 Å². The van der Waals surface area contributed by atoms with E-state index >= 15 is 0 Å². The number of ether oxygens (including phenoxy) is 1. The Morgan fingerprint density at radius 3 is 2.41 bits per heavy atom. The number of benzene rings is 2. The first-order chi connectivity index (χ1) is 13.0. The highest BCUT2D eigenvalue weighted by Gasteiger charge is 2.43. The van der Waals surface area contributed by atoms with Crippen molar-refractivity contribution in [2.75, 3.05) is 32.6 Å². The van der Waals surface area contributed by atoms with Crippen LogP contribution in [0.5, 0.6) is 5.75 Å². The summed E-state index contributed by atoms with van der Waals surface area (Å²) < 4.78 is 5.71. The second kappa shape index (κ2) is 8.77. The first-order valence-corrected chi connectivity index (χ1v) is 9.83. The van der Waals surface area contributed by atoms with Gasteiger partial charge in [-0.25, -0.2) is 0 Å². The van der Waals surface area contributed by atoms with Gasteiger partial charge in [0, 0.05) is 17.3 Å². The van der Waals surface area contributed by atoms with Gasteiger partial charge in [-0.15, -0.1) is 0 Å². The fourth-order valence-corrected chi connectivity index (χ4v) is 3.99. The molecule has 3 rings (SSSR count). The van der Waals surface area contributed by atoms with Crippen molar-refractivity contribution in [3.8, 4) is 5.75 Å². The Bertz CT molecular complexity index is 768. The summed E-state index contributed by atoms with van der Waals surface area (Å²) in [6.45, 7) is 1.49. The van der Waals surface area contributed by atoms with E-state index in [1.165, 1.54) is 0 Å². The molecule has 1 N–H and O–H groups in total. The number of nitrogens with zero attached hydrogens (tertiary/aromatic N) is 1. The normalized spacial score (nSPS) is 15.7. The molecular weight excluding hydrogens is 360 g/mol. The smallest absolute Gasteiger partial charge is 0.235 e. The molecule has 0 aromatic heterocycles. The van der Waals surface area contributed by atoms with Crippen LogP contribution in [0, 0.1) is 0 Å². The topological polar surface area (TPSA) is 41.6 Å². The van der Waals surface area contributed by atoms with Crippen molar-refractivity contribution in [1.82, 2.24) is 4.90 Å². The molecule has 27 heavy (non-hydrogen) atoms. The van der Waals surface area contributed by atoms with Crippen LogP contribution in [-0.4, -0.2) is 38.1 Å². The third kappa shape index (κ3) is 4.63. The Morgan fingerprint density at radius 1 is 1.11 bits per heavy atom. The molecule has 144 valence electrons. The Morgan fingerprint density at radius 2 is 1.78 bits per heavy atom. The molecule has 0 spiro atoms. The van der Waals surface area contributed by atoms with Crippen LogP contribution in [0.4, 0.5) is 5.69 Å². The van der Waals surface area contributed by atoms with Crippen molar-refractivity contribution in [2.45, 2.75) is 31.1 Å². The monoisotopic (exact) mass is 386 g/mol. The zero-order valence-electron chi connectivity index (χ0n) is 16.0. The van der Waals surface area contributed by atoms with Crippen molar-refractivity contribution in [2.24, 2.45) is 0 Å². The molecule has 2 aromatic rings. The van der Waals surface area contributed by atoms with Gasteiger partial charge < -0.3 is 15.0 Å². The number of likely N-dealkylation sites (N-methyl/N-ethyl adjacent to an activating group) is 1. The van der Waals surface area contributed by atoms with E-state index in [2.05, 4.69) is 10.2 Å². The van der Waals surface area contributed by atoms with Crippen molar-refractivity contribution in [3.05, 3.63) is 59.1 Å². The quantitative estimate of drug-likeness (QED) is 0.747. The van der Waals surface area contributed by atoms with E-state index < -0.39 is 5.41 Å². The molecular formula is C22H27ClN2O2. The zero-order chi connectivity index (χ0) is 19.3. The molecule has 0 radical (unpaired) electrons. The van der Waals surface area contributed by atoms with Crippen LogP contribution in [0.2, 0.25) is 5.02 Å². The highest BCUT2D eigenvalue weighted by molar-refractivity contribution is 6.31. The van der Waals surface area contributed by atoms with Gasteiger partial charge in [-0.3, -0.25) is 4.79 Å². The van der Waals surface area contributed by atoms with Crippen LogP contribution in [-0.2, 0) is 10.2 Å². The second-order valence-electron chi connectivity index (χ2n) is 7.40. The number of hydrogen-bond acceptors (Lipinski definition) is 3. The fraction of sp³-hybridized carbons (Fsp3) is 0.409. The number of carbonyl (C=O) groups excluding carboxylic acids is 1. The number of hydrogen-bond donors (Lipinski definition) is 1. The van der Waals surface area contributed by atoms with Gasteiger partial charge in [0.05, 0.1) is 5.41 Å². The minimum atomic E-state index is -0.542. The molecule has 4 nitrogen and oxygen atoms in total. The highest BCUT2D eigenvalue weighted by Crippen LogP contribution is 2.44. The summed E-state index contributed by atoms with van der Waals surface area (Å²) in [6, 6.07) is 15.3. The lowest BCUT2D eigenvalue weighted by atomic mass is 9.78. The van der Waals surface area contributed by atoms with E-state index in [0.29, 0.717) is 11.6 Å². The SMILES string of the molecule is CN(C)CCOc1ccc(NC(=O)C2(c3ccccc3Cl)CCCC2)cc1. The Balaban J connectivity index is 1.71. The van der Waals surface area contributed by atoms with Gasteiger partial charge >= 0.3 is 0 Å². The molecule has 0 unspecified atom stereocenters. The molecule has 0 heterocycles. The van der Waals surface area contributed by atoms with E-state index in [-0.39, 0.29) is 5.91 Å². The average Bonchev–Trinajstić information content (AvgIpc) is 3.14. The molecule has 1 fully saturated rings. The summed E-state index contributed by atoms with van der Waals surface area (Å²) >= 11 is 6.43. The summed E-state index contributed by atoms with van der Waals surface area (Å²) in [5.74, 6) is 0.825. The third-order valence-corrected chi connectivity index (χ3v) is 5.53. The van der Waals surface area contributed by atoms with Gasteiger partial charge in [0.15, 0.2) is 0 Å². The van der Waals surface area contributed by atoms with Crippen LogP contribution in [0.3, 0.4) is 0 Å². The number of nitrogens with one attached hydrogen (secondary N) is 1. The van der Waals surface area contributed by atoms with Crippen LogP contribution >= 0.6 is 11.6 Å². The van der Waals surface area contributed by atoms with Crippen LogP contribution in [0.1, 0.15) is 31.2 Å². The van der Waals surface area contributed by atoms with Gasteiger partial charge in [-0.05, 0) is 62.8 Å². The lowest BCUT2D eigenvalue weighted by Crippen LogP contribution is -2.38. The lowest BCUT2D eigenvalue weighted by Gasteiger charge is -2.29. The molecule has 1 aliphatic rings. The van der Waals surface area contributed by atoms with E-state index in [0.717, 1.165) is 49.2 Å². The van der Waals surface area contributed by atoms with Crippen molar-refractivity contribution >= 4 is 23.2 Å². The lowest BCUT2D eigenvalue weighted by molar-refractivity contribution is -0.121. The summed E-state index contributed by atoms with van der Waals surface area (Å²) in [5, 5.41) is 3.76. The minimum absolute atomic E-state index is 0.0226. The Kier molecular flexibility index (Phi) is 6.40. The van der Waals surface area contributed by atoms with Crippen LogP contribution in [0.25, 0.3) is 0 Å². The Hall–Kier alpha value is -2.04. The van der Waals surface area contributed by atoms with Crippen molar-refractivity contribution in [3.63, 3.8) is 0 Å². The summed E-state index contributed by atoms with van der Waals surface area (Å²) in [7, 11) is 4.03. The molecule has 0 saturated heterocycles. The Labute approximate surface area is 166 Å². The number of halogens is 1. The number of anilines is 1. The molecule has 0 bridgehead atoms. The van der Waals surface area contributed by atoms with Crippen molar-refractivity contribution in [1.29, 1.82) is 0 Å². The van der Waals surface area contributed by atoms with Crippen molar-refractivity contribution < 1.29 is 9.53 Å². The van der Waals surface area contributed by atoms with Crippen LogP contribution in [0.15, 0.2) is 48.5 Å². The maximum Gasteiger partial charge on any atom is 0.235 e. The van der Waals surface area contributed by atoms with E-state index in [4.69, 9.17) is 16.3 Å². The first-order valence-electron chi connectivity index (χ1n) is 9.45. The summed E-state index contributed by atoms with van der Waals surface area (Å²) in [4.78, 5) is 15.3. The molecule has 1 amide bonds. The number of carbonyl (C=O) groups is 1. The minimum Gasteiger partial charge on any atom is -0.492 e. The average molecular weight is 387 g/mol. The van der Waals surface area contributed by atoms with Gasteiger partial charge in [-0.1, -0.05) is 42.6 Å².